The van der Waals surface area contributed by atoms with E-state index in [0.717, 1.165) is 68.6 Å². The van der Waals surface area contributed by atoms with Crippen molar-refractivity contribution < 1.29 is 85.7 Å². The second-order valence-corrected chi connectivity index (χ2v) is 25.8. The van der Waals surface area contributed by atoms with E-state index in [1.54, 1.807) is 11.8 Å². The first kappa shape index (κ1) is 73.4. The summed E-state index contributed by atoms with van der Waals surface area (Å²) in [6, 6.07) is 0.383. The van der Waals surface area contributed by atoms with E-state index in [9.17, 15) is 33.6 Å². The lowest BCUT2D eigenvalue weighted by atomic mass is 9.91. The summed E-state index contributed by atoms with van der Waals surface area (Å²) in [5.41, 5.74) is 0. The van der Waals surface area contributed by atoms with E-state index in [4.69, 9.17) is 52.1 Å². The summed E-state index contributed by atoms with van der Waals surface area (Å²) in [7, 11) is 0. The van der Waals surface area contributed by atoms with Crippen LogP contribution in [-0.2, 0) is 71.3 Å². The molecule has 6 heterocycles. The molecule has 11 atom stereocenters. The molecular weight excluding hydrogens is 1210 g/mol. The molecule has 0 aromatic carbocycles. The van der Waals surface area contributed by atoms with Crippen molar-refractivity contribution in [2.75, 3.05) is 176 Å². The predicted octanol–water partition coefficient (Wildman–Crippen LogP) is 0.0341. The van der Waals surface area contributed by atoms with Gasteiger partial charge in [-0.05, 0) is 32.1 Å². The van der Waals surface area contributed by atoms with Crippen molar-refractivity contribution in [3.8, 4) is 0 Å². The van der Waals surface area contributed by atoms with E-state index >= 15 is 0 Å². The van der Waals surface area contributed by atoms with Gasteiger partial charge in [-0.3, -0.25) is 19.2 Å². The molecule has 0 aromatic heterocycles. The smallest absolute Gasteiger partial charge is 0.315 e. The van der Waals surface area contributed by atoms with Crippen molar-refractivity contribution in [1.29, 1.82) is 0 Å². The highest BCUT2D eigenvalue weighted by atomic mass is 32.2. The fraction of sp³-hybridized carbons (Fsp3) is 0.877. The molecule has 88 heavy (non-hydrogen) atoms. The Labute approximate surface area is 530 Å². The van der Waals surface area contributed by atoms with Crippen LogP contribution in [-0.4, -0.2) is 282 Å². The third kappa shape index (κ3) is 28.9. The maximum atomic E-state index is 13.2. The highest BCUT2D eigenvalue weighted by molar-refractivity contribution is 8.00. The molecule has 10 amide bonds. The fourth-order valence-electron chi connectivity index (χ4n) is 10.9. The Kier molecular flexibility index (Phi) is 37.3. The Morgan fingerprint density at radius 3 is 1.32 bits per heavy atom. The van der Waals surface area contributed by atoms with Gasteiger partial charge >= 0.3 is 18.1 Å². The van der Waals surface area contributed by atoms with Crippen molar-refractivity contribution in [3.63, 3.8) is 0 Å². The minimum Gasteiger partial charge on any atom is -0.377 e. The topological polar surface area (TPSA) is 341 Å². The van der Waals surface area contributed by atoms with Gasteiger partial charge < -0.3 is 105 Å². The molecule has 6 aliphatic rings. The summed E-state index contributed by atoms with van der Waals surface area (Å²) in [6.07, 6.45) is 7.61. The second-order valence-electron chi connectivity index (χ2n) is 22.1. The van der Waals surface area contributed by atoms with Gasteiger partial charge in [0, 0.05) is 72.0 Å². The summed E-state index contributed by atoms with van der Waals surface area (Å²) in [4.78, 5) is 83.8. The third-order valence-corrected chi connectivity index (χ3v) is 20.0. The van der Waals surface area contributed by atoms with Crippen LogP contribution >= 0.6 is 35.3 Å². The molecular formula is C57H100N10O18S3. The number of carbonyl (C=O) groups is 7. The van der Waals surface area contributed by atoms with Gasteiger partial charge in [-0.1, -0.05) is 26.2 Å². The number of thioether (sulfide) groups is 3. The molecule has 0 bridgehead atoms. The highest BCUT2D eigenvalue weighted by Gasteiger charge is 2.48. The van der Waals surface area contributed by atoms with Crippen molar-refractivity contribution in [2.24, 2.45) is 5.92 Å². The van der Waals surface area contributed by atoms with Gasteiger partial charge in [-0.25, -0.2) is 14.4 Å². The van der Waals surface area contributed by atoms with Crippen LogP contribution in [0.5, 0.6) is 0 Å². The van der Waals surface area contributed by atoms with Gasteiger partial charge in [-0.15, -0.1) is 0 Å². The first-order chi connectivity index (χ1) is 43.1. The molecule has 11 unspecified atom stereocenters. The van der Waals surface area contributed by atoms with Crippen LogP contribution in [0.3, 0.4) is 0 Å². The van der Waals surface area contributed by atoms with Gasteiger partial charge in [0.05, 0.1) is 174 Å². The highest BCUT2D eigenvalue weighted by Crippen LogP contribution is 2.37. The summed E-state index contributed by atoms with van der Waals surface area (Å²) in [5, 5.41) is 30.1. The molecule has 0 spiro atoms. The lowest BCUT2D eigenvalue weighted by molar-refractivity contribution is -0.125. The van der Waals surface area contributed by atoms with Crippen LogP contribution in [0.2, 0.25) is 0 Å². The fourth-order valence-corrected chi connectivity index (χ4v) is 15.7. The number of rotatable bonds is 55. The average Bonchev–Trinajstić information content (AvgIpc) is 3.18. The zero-order valence-corrected chi connectivity index (χ0v) is 53.7. The molecule has 6 fully saturated rings. The molecule has 6 saturated heterocycles. The monoisotopic (exact) mass is 1310 g/mol. The van der Waals surface area contributed by atoms with Crippen molar-refractivity contribution in [1.82, 2.24) is 53.2 Å². The number of ether oxygens (including phenoxy) is 11. The standard InChI is InChI=1S/C57H100N10O18S3/c1-2-7-42(53-52-45(38-88-53)64-57(74)67-52)54(71)61-15-19-78-23-27-83-35-40(32-80-24-20-75-16-12-58-39-68)84-30-28-79-29-31-85-41(33-81-25-21-76-17-13-59-48(69)10-5-3-8-46-50-43(36-86-46)62-55(72)65-50)34-82-26-22-77-18-14-60-49(70)11-6-4-9-47-51-44(37-87-47)63-56(73)66-51/h39-47,50-53H,2-38H2,1H3,(H,58,68)(H,59,69)(H,60,70)(H,61,71)(H2,62,65,72)(H2,63,66,73)(H2,64,67,74). The molecule has 28 nitrogen and oxygen atoms in total. The zero-order valence-electron chi connectivity index (χ0n) is 51.2. The van der Waals surface area contributed by atoms with Gasteiger partial charge in [0.1, 0.15) is 12.2 Å². The van der Waals surface area contributed by atoms with Crippen molar-refractivity contribution in [2.45, 2.75) is 135 Å². The van der Waals surface area contributed by atoms with Gasteiger partial charge in [0.15, 0.2) is 0 Å². The van der Waals surface area contributed by atoms with E-state index < -0.39 is 12.2 Å². The minimum atomic E-state index is -0.418. The van der Waals surface area contributed by atoms with Crippen LogP contribution < -0.4 is 53.2 Å². The van der Waals surface area contributed by atoms with Crippen LogP contribution in [0, 0.1) is 5.92 Å². The summed E-state index contributed by atoms with van der Waals surface area (Å²) in [6.45, 7) is 9.54. The Morgan fingerprint density at radius 1 is 0.477 bits per heavy atom. The molecule has 31 heteroatoms. The second kappa shape index (κ2) is 44.7. The van der Waals surface area contributed by atoms with Crippen molar-refractivity contribution >= 4 is 77.5 Å². The molecule has 504 valence electrons. The first-order valence-electron chi connectivity index (χ1n) is 31.6. The lowest BCUT2D eigenvalue weighted by Crippen LogP contribution is -2.46. The first-order valence-corrected chi connectivity index (χ1v) is 34.7. The van der Waals surface area contributed by atoms with E-state index in [1.165, 1.54) is 0 Å². The van der Waals surface area contributed by atoms with Crippen molar-refractivity contribution in [3.05, 3.63) is 0 Å². The SMILES string of the molecule is CCCC(C(=O)NCCOCCOCC(COCCOCCNC=O)OCCOCCOC(COCCOCCNC(=O)CCCCC1SCC2NC(=O)NC21)COCCOCCNC(=O)CCCCC1SCC2NC(=O)NC21)C1SCC2NC(=O)NC21. The number of fused-ring (bicyclic) bond motifs is 3. The average molecular weight is 1310 g/mol. The van der Waals surface area contributed by atoms with Gasteiger partial charge in [0.25, 0.3) is 0 Å². The zero-order chi connectivity index (χ0) is 62.2. The third-order valence-electron chi connectivity index (χ3n) is 15.4. The maximum absolute atomic E-state index is 13.2. The molecule has 0 aliphatic carbocycles. The number of urea groups is 3. The Morgan fingerprint density at radius 2 is 0.864 bits per heavy atom. The molecule has 6 aliphatic heterocycles. The van der Waals surface area contributed by atoms with Gasteiger partial charge in [-0.2, -0.15) is 35.3 Å². The molecule has 10 N–H and O–H groups in total. The van der Waals surface area contributed by atoms with Crippen LogP contribution in [0.15, 0.2) is 0 Å². The Bertz CT molecular complexity index is 1950. The molecule has 0 saturated carbocycles. The van der Waals surface area contributed by atoms with Crippen LogP contribution in [0.1, 0.15) is 71.1 Å². The molecule has 0 radical (unpaired) electrons. The quantitative estimate of drug-likeness (QED) is 0.0218. The summed E-state index contributed by atoms with van der Waals surface area (Å²) in [5.74, 6) is 2.36. The van der Waals surface area contributed by atoms with E-state index in [-0.39, 0.29) is 136 Å². The summed E-state index contributed by atoms with van der Waals surface area (Å²) >= 11 is 5.49. The lowest BCUT2D eigenvalue weighted by Gasteiger charge is -2.26. The van der Waals surface area contributed by atoms with E-state index in [1.807, 2.05) is 23.5 Å². The van der Waals surface area contributed by atoms with E-state index in [2.05, 4.69) is 60.1 Å². The number of nitrogens with one attached hydrogen (secondary N) is 10. The predicted molar refractivity (Wildman–Crippen MR) is 332 cm³/mol. The normalized spacial score (nSPS) is 24.2. The number of unbranched alkanes of at least 4 members (excludes halogenated alkanes) is 2. The number of carbonyl (C=O) groups excluding carboxylic acids is 7. The number of hydrogen-bond acceptors (Lipinski definition) is 21. The largest absolute Gasteiger partial charge is 0.377 e. The van der Waals surface area contributed by atoms with Crippen LogP contribution in [0.4, 0.5) is 14.4 Å². The maximum Gasteiger partial charge on any atom is 0.315 e. The Balaban J connectivity index is 0.811. The number of amides is 10. The number of hydrogen-bond donors (Lipinski definition) is 10. The van der Waals surface area contributed by atoms with Gasteiger partial charge in [0.2, 0.25) is 24.1 Å². The van der Waals surface area contributed by atoms with E-state index in [0.29, 0.717) is 135 Å². The molecule has 0 aromatic rings. The minimum absolute atomic E-state index is 0.0125. The molecule has 6 rings (SSSR count). The van der Waals surface area contributed by atoms with Crippen LogP contribution in [0.25, 0.3) is 0 Å². The Hall–Kier alpha value is -3.70. The summed E-state index contributed by atoms with van der Waals surface area (Å²) < 4.78 is 64.3.